The molecule has 0 saturated heterocycles. The molecule has 0 N–H and O–H groups in total. The monoisotopic (exact) mass is 372 g/mol. The first-order valence-electron chi connectivity index (χ1n) is 10.8. The lowest BCUT2D eigenvalue weighted by Crippen LogP contribution is -2.20. The van der Waals surface area contributed by atoms with Crippen LogP contribution in [0.4, 0.5) is 0 Å². The van der Waals surface area contributed by atoms with Gasteiger partial charge in [0.25, 0.3) is 0 Å². The average molecular weight is 373 g/mol. The lowest BCUT2D eigenvalue weighted by Gasteiger charge is -2.20. The predicted molar refractivity (Wildman–Crippen MR) is 111 cm³/mol. The largest absolute Gasteiger partial charge is 0.469 e. The number of unbranched alkanes of at least 4 members (excludes halogenated alkanes) is 10. The summed E-state index contributed by atoms with van der Waals surface area (Å²) in [5.74, 6) is -0.0732. The van der Waals surface area contributed by atoms with E-state index in [4.69, 9.17) is 4.43 Å². The summed E-state index contributed by atoms with van der Waals surface area (Å²) in [6.07, 6.45) is 19.0. The molecule has 1 atom stereocenters. The maximum Gasteiger partial charge on any atom is 0.305 e. The van der Waals surface area contributed by atoms with Crippen LogP contribution in [-0.4, -0.2) is 28.2 Å². The van der Waals surface area contributed by atoms with Crippen molar-refractivity contribution in [2.75, 3.05) is 7.11 Å². The van der Waals surface area contributed by atoms with Crippen molar-refractivity contribution in [2.45, 2.75) is 122 Å². The molecule has 0 radical (unpaired) electrons. The molecule has 0 aromatic rings. The van der Waals surface area contributed by atoms with E-state index in [2.05, 4.69) is 24.8 Å². The van der Waals surface area contributed by atoms with Crippen molar-refractivity contribution in [3.8, 4) is 0 Å². The Kier molecular flexibility index (Phi) is 18.2. The maximum atomic E-state index is 11.0. The molecule has 0 fully saturated rings. The van der Waals surface area contributed by atoms with Crippen molar-refractivity contribution in [3.05, 3.63) is 0 Å². The Labute approximate surface area is 159 Å². The highest BCUT2D eigenvalue weighted by molar-refractivity contribution is 6.48. The van der Waals surface area contributed by atoms with Gasteiger partial charge in [0.05, 0.1) is 7.11 Å². The van der Waals surface area contributed by atoms with Crippen molar-refractivity contribution in [1.29, 1.82) is 0 Å². The van der Waals surface area contributed by atoms with Crippen molar-refractivity contribution in [3.63, 3.8) is 0 Å². The van der Waals surface area contributed by atoms with Crippen molar-refractivity contribution in [2.24, 2.45) is 0 Å². The van der Waals surface area contributed by atoms with E-state index in [1.165, 1.54) is 84.2 Å². The lowest BCUT2D eigenvalue weighted by molar-refractivity contribution is -0.140. The molecule has 0 rings (SSSR count). The second kappa shape index (κ2) is 18.4. The zero-order valence-corrected chi connectivity index (χ0v) is 18.6. The van der Waals surface area contributed by atoms with E-state index < -0.39 is 9.04 Å². The van der Waals surface area contributed by atoms with Gasteiger partial charge in [-0.1, -0.05) is 77.6 Å². The third-order valence-electron chi connectivity index (χ3n) is 4.73. The fourth-order valence-corrected chi connectivity index (χ4v) is 4.31. The average Bonchev–Trinajstić information content (AvgIpc) is 2.59. The number of ether oxygens (including phenoxy) is 1. The van der Waals surface area contributed by atoms with Crippen LogP contribution in [0.2, 0.25) is 13.1 Å². The Morgan fingerprint density at radius 3 is 1.76 bits per heavy atom. The van der Waals surface area contributed by atoms with E-state index in [1.807, 2.05) is 0 Å². The fraction of sp³-hybridized carbons (Fsp3) is 0.952. The van der Waals surface area contributed by atoms with Gasteiger partial charge in [-0.05, 0) is 32.4 Å². The molecule has 0 aliphatic heterocycles. The van der Waals surface area contributed by atoms with Crippen LogP contribution in [0.5, 0.6) is 0 Å². The molecule has 0 aromatic carbocycles. The summed E-state index contributed by atoms with van der Waals surface area (Å²) >= 11 is 0. The van der Waals surface area contributed by atoms with Gasteiger partial charge in [-0.3, -0.25) is 4.79 Å². The van der Waals surface area contributed by atoms with E-state index in [9.17, 15) is 4.79 Å². The van der Waals surface area contributed by atoms with E-state index in [-0.39, 0.29) is 5.97 Å². The number of hydrogen-bond donors (Lipinski definition) is 0. The van der Waals surface area contributed by atoms with E-state index in [0.717, 1.165) is 12.8 Å². The Morgan fingerprint density at radius 1 is 0.800 bits per heavy atom. The minimum Gasteiger partial charge on any atom is -0.469 e. The number of rotatable bonds is 18. The molecule has 0 saturated carbocycles. The third kappa shape index (κ3) is 18.2. The SMILES string of the molecule is CCCCCCC(CCCCCCCCCCC(=O)OC)O[SiH](C)C. The normalized spacial score (nSPS) is 12.5. The van der Waals surface area contributed by atoms with Crippen LogP contribution in [0, 0.1) is 0 Å². The summed E-state index contributed by atoms with van der Waals surface area (Å²) in [6, 6.07) is 0. The summed E-state index contributed by atoms with van der Waals surface area (Å²) < 4.78 is 10.9. The summed E-state index contributed by atoms with van der Waals surface area (Å²) in [6.45, 7) is 6.85. The van der Waals surface area contributed by atoms with Gasteiger partial charge in [-0.2, -0.15) is 0 Å². The number of hydrogen-bond acceptors (Lipinski definition) is 3. The third-order valence-corrected chi connectivity index (χ3v) is 5.66. The minimum absolute atomic E-state index is 0.0732. The van der Waals surface area contributed by atoms with Crippen molar-refractivity contribution >= 4 is 15.0 Å². The summed E-state index contributed by atoms with van der Waals surface area (Å²) in [5.41, 5.74) is 0. The molecule has 0 heterocycles. The molecule has 0 amide bonds. The van der Waals surface area contributed by atoms with Gasteiger partial charge in [-0.15, -0.1) is 0 Å². The molecule has 0 aliphatic rings. The molecule has 0 bridgehead atoms. The Balaban J connectivity index is 3.52. The number of carbonyl (C=O) groups excluding carboxylic acids is 1. The highest BCUT2D eigenvalue weighted by Crippen LogP contribution is 2.17. The molecule has 0 aliphatic carbocycles. The van der Waals surface area contributed by atoms with Gasteiger partial charge < -0.3 is 9.16 Å². The Morgan fingerprint density at radius 2 is 1.28 bits per heavy atom. The molecular formula is C21H44O3Si. The minimum atomic E-state index is -0.911. The standard InChI is InChI=1S/C21H44O3Si/c1-5-6-7-14-17-20(24-25(3)4)18-15-12-10-8-9-11-13-16-19-21(22)23-2/h20,25H,5-19H2,1-4H3. The van der Waals surface area contributed by atoms with Gasteiger partial charge >= 0.3 is 5.97 Å². The smallest absolute Gasteiger partial charge is 0.305 e. The van der Waals surface area contributed by atoms with Crippen LogP contribution in [0.1, 0.15) is 103 Å². The maximum absolute atomic E-state index is 11.0. The van der Waals surface area contributed by atoms with Gasteiger partial charge in [0, 0.05) is 12.5 Å². The van der Waals surface area contributed by atoms with Crippen molar-refractivity contribution < 1.29 is 14.0 Å². The first-order chi connectivity index (χ1) is 12.1. The Hall–Kier alpha value is -0.353. The van der Waals surface area contributed by atoms with Crippen LogP contribution >= 0.6 is 0 Å². The number of carbonyl (C=O) groups is 1. The molecule has 1 unspecified atom stereocenters. The molecule has 150 valence electrons. The fourth-order valence-electron chi connectivity index (χ4n) is 3.27. The molecular weight excluding hydrogens is 328 g/mol. The van der Waals surface area contributed by atoms with E-state index >= 15 is 0 Å². The second-order valence-electron chi connectivity index (χ2n) is 7.60. The van der Waals surface area contributed by atoms with Crippen LogP contribution < -0.4 is 0 Å². The van der Waals surface area contributed by atoms with Crippen LogP contribution in [0.15, 0.2) is 0 Å². The van der Waals surface area contributed by atoms with E-state index in [1.54, 1.807) is 0 Å². The highest BCUT2D eigenvalue weighted by Gasteiger charge is 2.11. The zero-order valence-electron chi connectivity index (χ0n) is 17.5. The van der Waals surface area contributed by atoms with E-state index in [0.29, 0.717) is 12.5 Å². The molecule has 3 nitrogen and oxygen atoms in total. The molecule has 0 aromatic heterocycles. The van der Waals surface area contributed by atoms with Gasteiger partial charge in [0.1, 0.15) is 0 Å². The first kappa shape index (κ1) is 24.6. The van der Waals surface area contributed by atoms with Crippen LogP contribution in [0.25, 0.3) is 0 Å². The summed E-state index contributed by atoms with van der Waals surface area (Å²) in [7, 11) is 0.553. The van der Waals surface area contributed by atoms with Gasteiger partial charge in [0.15, 0.2) is 9.04 Å². The van der Waals surface area contributed by atoms with Crippen molar-refractivity contribution in [1.82, 2.24) is 0 Å². The molecule has 4 heteroatoms. The summed E-state index contributed by atoms with van der Waals surface area (Å²) in [4.78, 5) is 11.0. The highest BCUT2D eigenvalue weighted by atomic mass is 28.3. The summed E-state index contributed by atoms with van der Waals surface area (Å²) in [5, 5.41) is 0. The molecule has 25 heavy (non-hydrogen) atoms. The number of esters is 1. The van der Waals surface area contributed by atoms with Gasteiger partial charge in [-0.25, -0.2) is 0 Å². The topological polar surface area (TPSA) is 35.5 Å². The molecule has 0 spiro atoms. The first-order valence-corrected chi connectivity index (χ1v) is 13.6. The van der Waals surface area contributed by atoms with Crippen LogP contribution in [-0.2, 0) is 14.0 Å². The Bertz CT molecular complexity index is 295. The number of methoxy groups -OCH3 is 1. The quantitative estimate of drug-likeness (QED) is 0.159. The zero-order chi connectivity index (χ0) is 18.8. The van der Waals surface area contributed by atoms with Crippen LogP contribution in [0.3, 0.4) is 0 Å². The lowest BCUT2D eigenvalue weighted by atomic mass is 10.0. The van der Waals surface area contributed by atoms with Gasteiger partial charge in [0.2, 0.25) is 0 Å². The predicted octanol–water partition coefficient (Wildman–Crippen LogP) is 6.40. The second-order valence-corrected chi connectivity index (χ2v) is 9.97.